The van der Waals surface area contributed by atoms with E-state index in [1.165, 1.54) is 6.07 Å². The summed E-state index contributed by atoms with van der Waals surface area (Å²) in [5, 5.41) is 5.59. The lowest BCUT2D eigenvalue weighted by Gasteiger charge is -2.27. The Balaban J connectivity index is 1.75. The normalized spacial score (nSPS) is 18.8. The average molecular weight is 371 g/mol. The van der Waals surface area contributed by atoms with Crippen LogP contribution in [-0.2, 0) is 9.59 Å². The van der Waals surface area contributed by atoms with Crippen LogP contribution in [0.15, 0.2) is 23.3 Å². The summed E-state index contributed by atoms with van der Waals surface area (Å²) in [5.74, 6) is -1.98. The van der Waals surface area contributed by atoms with Gasteiger partial charge in [-0.3, -0.25) is 29.4 Å². The van der Waals surface area contributed by atoms with Crippen LogP contribution in [0.1, 0.15) is 46.4 Å². The smallest absolute Gasteiger partial charge is 0.266 e. The molecule has 1 fully saturated rings. The van der Waals surface area contributed by atoms with Crippen molar-refractivity contribution in [2.45, 2.75) is 31.7 Å². The van der Waals surface area contributed by atoms with E-state index < -0.39 is 29.7 Å². The zero-order valence-corrected chi connectivity index (χ0v) is 14.4. The highest BCUT2D eigenvalue weighted by Crippen LogP contribution is 2.33. The molecule has 1 atom stereocenters. The third-order valence-corrected chi connectivity index (χ3v) is 4.40. The van der Waals surface area contributed by atoms with E-state index in [1.807, 2.05) is 0 Å². The van der Waals surface area contributed by atoms with Crippen LogP contribution in [0, 0.1) is 0 Å². The monoisotopic (exact) mass is 371 g/mol. The molecule has 1 aromatic carbocycles. The summed E-state index contributed by atoms with van der Waals surface area (Å²) in [4.78, 5) is 52.5. The minimum absolute atomic E-state index is 0.0678. The van der Waals surface area contributed by atoms with Crippen LogP contribution in [0.4, 0.5) is 0 Å². The van der Waals surface area contributed by atoms with E-state index in [-0.39, 0.29) is 36.3 Å². The van der Waals surface area contributed by atoms with Gasteiger partial charge in [0, 0.05) is 17.9 Å². The predicted molar refractivity (Wildman–Crippen MR) is 91.9 cm³/mol. The van der Waals surface area contributed by atoms with E-state index in [9.17, 15) is 19.2 Å². The van der Waals surface area contributed by atoms with Gasteiger partial charge in [-0.1, -0.05) is 11.2 Å². The maximum atomic E-state index is 12.8. The SMILES string of the molecule is [N-]=[N+]=NCCCCOc1cccc2c1C(=O)N(C1CCC(=O)NC1=O)C2=O. The third kappa shape index (κ3) is 3.61. The van der Waals surface area contributed by atoms with Crippen molar-refractivity contribution in [1.29, 1.82) is 0 Å². The molecule has 0 aromatic heterocycles. The lowest BCUT2D eigenvalue weighted by Crippen LogP contribution is -2.54. The number of ether oxygens (including phenoxy) is 1. The first-order valence-electron chi connectivity index (χ1n) is 8.53. The number of nitrogens with zero attached hydrogens (tertiary/aromatic N) is 4. The van der Waals surface area contributed by atoms with Gasteiger partial charge in [-0.15, -0.1) is 0 Å². The molecule has 140 valence electrons. The predicted octanol–water partition coefficient (Wildman–Crippen LogP) is 1.56. The highest BCUT2D eigenvalue weighted by molar-refractivity contribution is 6.24. The van der Waals surface area contributed by atoms with Crippen molar-refractivity contribution < 1.29 is 23.9 Å². The molecule has 0 radical (unpaired) electrons. The summed E-state index contributed by atoms with van der Waals surface area (Å²) in [6.45, 7) is 0.644. The van der Waals surface area contributed by atoms with Crippen molar-refractivity contribution in [3.05, 3.63) is 39.8 Å². The van der Waals surface area contributed by atoms with E-state index in [0.717, 1.165) is 4.90 Å². The lowest BCUT2D eigenvalue weighted by molar-refractivity contribution is -0.136. The maximum absolute atomic E-state index is 12.8. The highest BCUT2D eigenvalue weighted by Gasteiger charge is 2.45. The molecule has 3 rings (SSSR count). The van der Waals surface area contributed by atoms with Gasteiger partial charge < -0.3 is 4.74 Å². The van der Waals surface area contributed by atoms with E-state index in [2.05, 4.69) is 15.3 Å². The zero-order chi connectivity index (χ0) is 19.4. The molecule has 0 saturated carbocycles. The number of fused-ring (bicyclic) bond motifs is 1. The van der Waals surface area contributed by atoms with Crippen molar-refractivity contribution >= 4 is 23.6 Å². The molecule has 10 nitrogen and oxygen atoms in total. The van der Waals surface area contributed by atoms with Crippen LogP contribution in [-0.4, -0.2) is 47.7 Å². The van der Waals surface area contributed by atoms with Gasteiger partial charge in [-0.25, -0.2) is 0 Å². The third-order valence-electron chi connectivity index (χ3n) is 4.40. The summed E-state index contributed by atoms with van der Waals surface area (Å²) in [7, 11) is 0. The molecule has 2 heterocycles. The van der Waals surface area contributed by atoms with Crippen molar-refractivity contribution in [2.75, 3.05) is 13.2 Å². The number of imide groups is 2. The summed E-state index contributed by atoms with van der Waals surface area (Å²) in [6.07, 6.45) is 1.42. The lowest BCUT2D eigenvalue weighted by atomic mass is 10.0. The molecule has 1 aromatic rings. The summed E-state index contributed by atoms with van der Waals surface area (Å²) >= 11 is 0. The van der Waals surface area contributed by atoms with Crippen molar-refractivity contribution in [2.24, 2.45) is 5.11 Å². The number of piperidine rings is 1. The number of benzene rings is 1. The summed E-state index contributed by atoms with van der Waals surface area (Å²) in [5.41, 5.74) is 8.54. The second kappa shape index (κ2) is 7.88. The van der Waals surface area contributed by atoms with Gasteiger partial charge in [0.2, 0.25) is 11.8 Å². The molecular formula is C17H17N5O5. The second-order valence-corrected chi connectivity index (χ2v) is 6.14. The van der Waals surface area contributed by atoms with Gasteiger partial charge in [-0.2, -0.15) is 0 Å². The molecule has 0 spiro atoms. The zero-order valence-electron chi connectivity index (χ0n) is 14.4. The first kappa shape index (κ1) is 18.4. The second-order valence-electron chi connectivity index (χ2n) is 6.14. The highest BCUT2D eigenvalue weighted by atomic mass is 16.5. The Morgan fingerprint density at radius 2 is 2.04 bits per heavy atom. The molecule has 1 unspecified atom stereocenters. The number of amides is 4. The topological polar surface area (TPSA) is 142 Å². The number of azide groups is 1. The van der Waals surface area contributed by atoms with Gasteiger partial charge in [0.15, 0.2) is 0 Å². The fourth-order valence-corrected chi connectivity index (χ4v) is 3.12. The Kier molecular flexibility index (Phi) is 5.37. The van der Waals surface area contributed by atoms with Crippen LogP contribution < -0.4 is 10.1 Å². The van der Waals surface area contributed by atoms with Crippen LogP contribution in [0.2, 0.25) is 0 Å². The molecule has 27 heavy (non-hydrogen) atoms. The summed E-state index contributed by atoms with van der Waals surface area (Å²) in [6, 6.07) is 3.70. The largest absolute Gasteiger partial charge is 0.493 e. The Morgan fingerprint density at radius 1 is 1.22 bits per heavy atom. The molecule has 4 amide bonds. The standard InChI is InChI=1S/C17H17N5O5/c18-21-19-8-1-2-9-27-12-5-3-4-10-14(12)17(26)22(16(10)25)11-6-7-13(23)20-15(11)24/h3-5,11H,1-2,6-9H2,(H,20,23,24). The van der Waals surface area contributed by atoms with Crippen molar-refractivity contribution in [3.63, 3.8) is 0 Å². The van der Waals surface area contributed by atoms with Crippen molar-refractivity contribution in [3.8, 4) is 5.75 Å². The van der Waals surface area contributed by atoms with Gasteiger partial charge >= 0.3 is 0 Å². The van der Waals surface area contributed by atoms with E-state index in [0.29, 0.717) is 19.4 Å². The van der Waals surface area contributed by atoms with Gasteiger partial charge in [0.1, 0.15) is 11.8 Å². The molecule has 10 heteroatoms. The Bertz CT molecular complexity index is 861. The molecule has 2 aliphatic heterocycles. The number of unbranched alkanes of at least 4 members (excludes halogenated alkanes) is 1. The van der Waals surface area contributed by atoms with E-state index in [4.69, 9.17) is 10.3 Å². The fourth-order valence-electron chi connectivity index (χ4n) is 3.12. The minimum Gasteiger partial charge on any atom is -0.493 e. The van der Waals surface area contributed by atoms with Crippen LogP contribution in [0.5, 0.6) is 5.75 Å². The molecule has 1 saturated heterocycles. The molecule has 0 bridgehead atoms. The number of nitrogens with one attached hydrogen (secondary N) is 1. The number of rotatable bonds is 7. The quantitative estimate of drug-likeness (QED) is 0.254. The number of hydrogen-bond donors (Lipinski definition) is 1. The molecule has 1 N–H and O–H groups in total. The molecule has 0 aliphatic carbocycles. The number of carbonyl (C=O) groups excluding carboxylic acids is 4. The first-order chi connectivity index (χ1) is 13.0. The van der Waals surface area contributed by atoms with E-state index in [1.54, 1.807) is 12.1 Å². The number of hydrogen-bond acceptors (Lipinski definition) is 6. The molecular weight excluding hydrogens is 354 g/mol. The minimum atomic E-state index is -1.01. The van der Waals surface area contributed by atoms with E-state index >= 15 is 0 Å². The first-order valence-corrected chi connectivity index (χ1v) is 8.53. The maximum Gasteiger partial charge on any atom is 0.266 e. The van der Waals surface area contributed by atoms with Crippen LogP contribution in [0.3, 0.4) is 0 Å². The van der Waals surface area contributed by atoms with Gasteiger partial charge in [0.05, 0.1) is 17.7 Å². The Labute approximate surface area is 154 Å². The average Bonchev–Trinajstić information content (AvgIpc) is 2.90. The van der Waals surface area contributed by atoms with Gasteiger partial charge in [0.25, 0.3) is 11.8 Å². The van der Waals surface area contributed by atoms with Crippen molar-refractivity contribution in [1.82, 2.24) is 10.2 Å². The van der Waals surface area contributed by atoms with Crippen LogP contribution in [0.25, 0.3) is 10.4 Å². The fraction of sp³-hybridized carbons (Fsp3) is 0.412. The number of carbonyl (C=O) groups is 4. The Morgan fingerprint density at radius 3 is 2.78 bits per heavy atom. The van der Waals surface area contributed by atoms with Gasteiger partial charge in [-0.05, 0) is 36.9 Å². The Hall–Kier alpha value is -3.39. The summed E-state index contributed by atoms with van der Waals surface area (Å²) < 4.78 is 5.64. The molecule has 2 aliphatic rings. The van der Waals surface area contributed by atoms with Crippen LogP contribution >= 0.6 is 0 Å².